The lowest BCUT2D eigenvalue weighted by Gasteiger charge is -2.18. The summed E-state index contributed by atoms with van der Waals surface area (Å²) in [4.78, 5) is 13.8. The third-order valence-corrected chi connectivity index (χ3v) is 3.00. The predicted octanol–water partition coefficient (Wildman–Crippen LogP) is 2.26. The SMILES string of the molecule is COc1ccc(C(=O)N(C)c2cccc(N)c2)c(O)c1. The van der Waals surface area contributed by atoms with Gasteiger partial charge in [0.05, 0.1) is 12.7 Å². The first-order chi connectivity index (χ1) is 9.52. The smallest absolute Gasteiger partial charge is 0.261 e. The van der Waals surface area contributed by atoms with Gasteiger partial charge in [-0.15, -0.1) is 0 Å². The van der Waals surface area contributed by atoms with E-state index in [-0.39, 0.29) is 17.2 Å². The molecular weight excluding hydrogens is 256 g/mol. The molecule has 0 bridgehead atoms. The summed E-state index contributed by atoms with van der Waals surface area (Å²) in [5.74, 6) is 0.0477. The second-order valence-corrected chi connectivity index (χ2v) is 4.34. The van der Waals surface area contributed by atoms with Gasteiger partial charge < -0.3 is 20.5 Å². The van der Waals surface area contributed by atoms with Gasteiger partial charge in [-0.25, -0.2) is 0 Å². The Labute approximate surface area is 117 Å². The molecule has 5 nitrogen and oxygen atoms in total. The first-order valence-corrected chi connectivity index (χ1v) is 6.03. The van der Waals surface area contributed by atoms with Crippen LogP contribution in [0.1, 0.15) is 10.4 Å². The van der Waals surface area contributed by atoms with Gasteiger partial charge in [-0.05, 0) is 30.3 Å². The number of ether oxygens (including phenoxy) is 1. The molecule has 20 heavy (non-hydrogen) atoms. The molecule has 3 N–H and O–H groups in total. The molecule has 104 valence electrons. The number of anilines is 2. The Kier molecular flexibility index (Phi) is 3.79. The molecule has 0 saturated heterocycles. The highest BCUT2D eigenvalue weighted by Crippen LogP contribution is 2.26. The third-order valence-electron chi connectivity index (χ3n) is 3.00. The van der Waals surface area contributed by atoms with E-state index in [0.29, 0.717) is 17.1 Å². The monoisotopic (exact) mass is 272 g/mol. The van der Waals surface area contributed by atoms with Crippen molar-refractivity contribution in [3.63, 3.8) is 0 Å². The number of phenols is 1. The van der Waals surface area contributed by atoms with Gasteiger partial charge in [-0.3, -0.25) is 4.79 Å². The highest BCUT2D eigenvalue weighted by molar-refractivity contribution is 6.07. The maximum atomic E-state index is 12.4. The number of carbonyl (C=O) groups is 1. The summed E-state index contributed by atoms with van der Waals surface area (Å²) in [6.07, 6.45) is 0. The summed E-state index contributed by atoms with van der Waals surface area (Å²) in [6, 6.07) is 11.5. The average Bonchev–Trinajstić information content (AvgIpc) is 2.45. The van der Waals surface area contributed by atoms with Crippen molar-refractivity contribution in [3.05, 3.63) is 48.0 Å². The van der Waals surface area contributed by atoms with Crippen molar-refractivity contribution >= 4 is 17.3 Å². The van der Waals surface area contributed by atoms with E-state index in [0.717, 1.165) is 0 Å². The van der Waals surface area contributed by atoms with E-state index in [1.54, 1.807) is 37.4 Å². The molecule has 2 rings (SSSR count). The summed E-state index contributed by atoms with van der Waals surface area (Å²) in [6.45, 7) is 0. The van der Waals surface area contributed by atoms with Crippen LogP contribution in [-0.4, -0.2) is 25.2 Å². The van der Waals surface area contributed by atoms with E-state index >= 15 is 0 Å². The lowest BCUT2D eigenvalue weighted by atomic mass is 10.1. The highest BCUT2D eigenvalue weighted by atomic mass is 16.5. The summed E-state index contributed by atoms with van der Waals surface area (Å²) < 4.78 is 4.99. The molecule has 0 radical (unpaired) electrons. The van der Waals surface area contributed by atoms with Gasteiger partial charge in [0.2, 0.25) is 0 Å². The molecule has 0 aliphatic heterocycles. The molecule has 2 aromatic carbocycles. The third kappa shape index (κ3) is 2.66. The van der Waals surface area contributed by atoms with E-state index < -0.39 is 0 Å². The number of nitrogens with zero attached hydrogens (tertiary/aromatic N) is 1. The fourth-order valence-electron chi connectivity index (χ4n) is 1.85. The second-order valence-electron chi connectivity index (χ2n) is 4.34. The van der Waals surface area contributed by atoms with Crippen molar-refractivity contribution in [3.8, 4) is 11.5 Å². The first-order valence-electron chi connectivity index (χ1n) is 6.03. The van der Waals surface area contributed by atoms with Crippen LogP contribution in [-0.2, 0) is 0 Å². The Morgan fingerprint density at radius 2 is 2.00 bits per heavy atom. The Bertz CT molecular complexity index is 641. The van der Waals surface area contributed by atoms with Gasteiger partial charge in [-0.1, -0.05) is 6.07 Å². The number of aromatic hydroxyl groups is 1. The number of hydrogen-bond acceptors (Lipinski definition) is 4. The number of amides is 1. The molecule has 0 aromatic heterocycles. The number of hydrogen-bond donors (Lipinski definition) is 2. The topological polar surface area (TPSA) is 75.8 Å². The second kappa shape index (κ2) is 5.52. The minimum Gasteiger partial charge on any atom is -0.507 e. The quantitative estimate of drug-likeness (QED) is 0.840. The number of benzene rings is 2. The van der Waals surface area contributed by atoms with Gasteiger partial charge in [-0.2, -0.15) is 0 Å². The molecule has 0 aliphatic rings. The Hall–Kier alpha value is -2.69. The molecule has 0 atom stereocenters. The molecule has 0 heterocycles. The van der Waals surface area contributed by atoms with Gasteiger partial charge in [0.1, 0.15) is 11.5 Å². The van der Waals surface area contributed by atoms with Crippen LogP contribution in [0.25, 0.3) is 0 Å². The van der Waals surface area contributed by atoms with E-state index in [1.165, 1.54) is 24.1 Å². The van der Waals surface area contributed by atoms with Crippen LogP contribution >= 0.6 is 0 Å². The molecule has 0 fully saturated rings. The van der Waals surface area contributed by atoms with Gasteiger partial charge in [0.25, 0.3) is 5.91 Å². The van der Waals surface area contributed by atoms with Gasteiger partial charge >= 0.3 is 0 Å². The van der Waals surface area contributed by atoms with Crippen molar-refractivity contribution in [2.75, 3.05) is 24.8 Å². The van der Waals surface area contributed by atoms with Crippen LogP contribution < -0.4 is 15.4 Å². The molecule has 0 unspecified atom stereocenters. The Morgan fingerprint density at radius 1 is 1.25 bits per heavy atom. The summed E-state index contributed by atoms with van der Waals surface area (Å²) in [5, 5.41) is 9.89. The fraction of sp³-hybridized carbons (Fsp3) is 0.133. The molecule has 0 saturated carbocycles. The van der Waals surface area contributed by atoms with Crippen LogP contribution in [0.2, 0.25) is 0 Å². The molecular formula is C15H16N2O3. The van der Waals surface area contributed by atoms with Crippen LogP contribution in [0.5, 0.6) is 11.5 Å². The first kappa shape index (κ1) is 13.7. The zero-order valence-electron chi connectivity index (χ0n) is 11.3. The summed E-state index contributed by atoms with van der Waals surface area (Å²) >= 11 is 0. The number of nitrogens with two attached hydrogens (primary N) is 1. The molecule has 2 aromatic rings. The van der Waals surface area contributed by atoms with Crippen LogP contribution in [0.15, 0.2) is 42.5 Å². The van der Waals surface area contributed by atoms with E-state index in [1.807, 2.05) is 0 Å². The normalized spacial score (nSPS) is 10.1. The highest BCUT2D eigenvalue weighted by Gasteiger charge is 2.17. The average molecular weight is 272 g/mol. The largest absolute Gasteiger partial charge is 0.507 e. The minimum absolute atomic E-state index is 0.120. The fourth-order valence-corrected chi connectivity index (χ4v) is 1.85. The number of methoxy groups -OCH3 is 1. The van der Waals surface area contributed by atoms with Crippen molar-refractivity contribution < 1.29 is 14.6 Å². The van der Waals surface area contributed by atoms with Crippen molar-refractivity contribution in [1.29, 1.82) is 0 Å². The van der Waals surface area contributed by atoms with Crippen LogP contribution in [0.3, 0.4) is 0 Å². The van der Waals surface area contributed by atoms with E-state index in [2.05, 4.69) is 0 Å². The summed E-state index contributed by atoms with van der Waals surface area (Å²) in [7, 11) is 3.12. The van der Waals surface area contributed by atoms with Gasteiger partial charge in [0.15, 0.2) is 0 Å². The van der Waals surface area contributed by atoms with Crippen LogP contribution in [0.4, 0.5) is 11.4 Å². The van der Waals surface area contributed by atoms with Crippen molar-refractivity contribution in [2.24, 2.45) is 0 Å². The Morgan fingerprint density at radius 3 is 2.60 bits per heavy atom. The standard InChI is InChI=1S/C15H16N2O3/c1-17(11-5-3-4-10(16)8-11)15(19)13-7-6-12(20-2)9-14(13)18/h3-9,18H,16H2,1-2H3. The maximum Gasteiger partial charge on any atom is 0.261 e. The summed E-state index contributed by atoms with van der Waals surface area (Å²) in [5.41, 5.74) is 7.13. The maximum absolute atomic E-state index is 12.4. The molecule has 5 heteroatoms. The number of phenolic OH excluding ortho intramolecular Hbond substituents is 1. The van der Waals surface area contributed by atoms with E-state index in [4.69, 9.17) is 10.5 Å². The number of nitrogen functional groups attached to an aromatic ring is 1. The predicted molar refractivity (Wildman–Crippen MR) is 78.2 cm³/mol. The van der Waals surface area contributed by atoms with Crippen LogP contribution in [0, 0.1) is 0 Å². The van der Waals surface area contributed by atoms with Crippen molar-refractivity contribution in [1.82, 2.24) is 0 Å². The zero-order chi connectivity index (χ0) is 14.7. The number of rotatable bonds is 3. The lowest BCUT2D eigenvalue weighted by Crippen LogP contribution is -2.26. The van der Waals surface area contributed by atoms with E-state index in [9.17, 15) is 9.90 Å². The molecule has 0 spiro atoms. The number of carbonyl (C=O) groups excluding carboxylic acids is 1. The van der Waals surface area contributed by atoms with Gasteiger partial charge in [0, 0.05) is 24.5 Å². The molecule has 0 aliphatic carbocycles. The lowest BCUT2D eigenvalue weighted by molar-refractivity contribution is 0.0990. The minimum atomic E-state index is -0.323. The zero-order valence-corrected chi connectivity index (χ0v) is 11.3. The Balaban J connectivity index is 2.31. The molecule has 1 amide bonds. The van der Waals surface area contributed by atoms with Crippen molar-refractivity contribution in [2.45, 2.75) is 0 Å².